The monoisotopic (exact) mass is 347 g/mol. The average Bonchev–Trinajstić information content (AvgIpc) is 3.06. The Hall–Kier alpha value is -1.80. The van der Waals surface area contributed by atoms with Gasteiger partial charge in [-0.3, -0.25) is 0 Å². The SMILES string of the molecule is CC1CC2CC3(NCc4ccc(-c5ccccc5)cc4O)CCC1(C2)C3. The van der Waals surface area contributed by atoms with Crippen LogP contribution in [0.3, 0.4) is 0 Å². The predicted octanol–water partition coefficient (Wildman–Crippen LogP) is 5.51. The van der Waals surface area contributed by atoms with E-state index in [9.17, 15) is 5.11 Å². The van der Waals surface area contributed by atoms with Crippen molar-refractivity contribution in [3.63, 3.8) is 0 Å². The van der Waals surface area contributed by atoms with E-state index >= 15 is 0 Å². The van der Waals surface area contributed by atoms with Crippen molar-refractivity contribution in [1.82, 2.24) is 5.32 Å². The number of fused-ring (bicyclic) bond motifs is 2. The number of rotatable bonds is 4. The minimum atomic E-state index is 0.318. The van der Waals surface area contributed by atoms with Crippen LogP contribution in [0.5, 0.6) is 5.75 Å². The number of aromatic hydroxyl groups is 1. The van der Waals surface area contributed by atoms with Crippen LogP contribution in [0.15, 0.2) is 48.5 Å². The Labute approximate surface area is 156 Å². The Bertz CT molecular complexity index is 816. The highest BCUT2D eigenvalue weighted by Gasteiger charge is 2.59. The number of benzene rings is 2. The van der Waals surface area contributed by atoms with Gasteiger partial charge in [-0.25, -0.2) is 0 Å². The summed E-state index contributed by atoms with van der Waals surface area (Å²) >= 11 is 0. The standard InChI is InChI=1S/C24H29NO/c1-17-11-18-13-23(17)9-10-24(14-18,16-23)25-15-21-8-7-20(12-22(21)26)19-5-3-2-4-6-19/h2-8,12,17-18,25-26H,9-11,13-16H2,1H3. The third-order valence-electron chi connectivity index (χ3n) is 7.75. The maximum absolute atomic E-state index is 10.6. The normalized spacial score (nSPS) is 35.0. The Morgan fingerprint density at radius 2 is 1.88 bits per heavy atom. The van der Waals surface area contributed by atoms with Crippen LogP contribution in [0.1, 0.15) is 51.0 Å². The molecule has 136 valence electrons. The van der Waals surface area contributed by atoms with Crippen LogP contribution < -0.4 is 5.32 Å². The third-order valence-corrected chi connectivity index (χ3v) is 7.75. The summed E-state index contributed by atoms with van der Waals surface area (Å²) in [5.41, 5.74) is 4.18. The fourth-order valence-corrected chi connectivity index (χ4v) is 6.45. The van der Waals surface area contributed by atoms with Gasteiger partial charge in [0, 0.05) is 17.6 Å². The summed E-state index contributed by atoms with van der Waals surface area (Å²) in [5.74, 6) is 2.23. The fourth-order valence-electron chi connectivity index (χ4n) is 6.45. The van der Waals surface area contributed by atoms with E-state index in [1.54, 1.807) is 0 Å². The van der Waals surface area contributed by atoms with Gasteiger partial charge in [0.2, 0.25) is 0 Å². The molecule has 1 spiro atoms. The lowest BCUT2D eigenvalue weighted by Crippen LogP contribution is -2.46. The van der Waals surface area contributed by atoms with E-state index in [0.29, 0.717) is 16.7 Å². The average molecular weight is 348 g/mol. The Morgan fingerprint density at radius 3 is 2.69 bits per heavy atom. The van der Waals surface area contributed by atoms with E-state index in [1.165, 1.54) is 38.5 Å². The minimum absolute atomic E-state index is 0.318. The number of hydrogen-bond acceptors (Lipinski definition) is 2. The molecule has 3 bridgehead atoms. The lowest BCUT2D eigenvalue weighted by Gasteiger charge is -2.40. The van der Waals surface area contributed by atoms with Gasteiger partial charge in [0.25, 0.3) is 0 Å². The van der Waals surface area contributed by atoms with Crippen LogP contribution in [-0.4, -0.2) is 10.6 Å². The molecule has 2 aromatic carbocycles. The summed E-state index contributed by atoms with van der Waals surface area (Å²) in [5, 5.41) is 14.5. The van der Waals surface area contributed by atoms with E-state index in [-0.39, 0.29) is 0 Å². The topological polar surface area (TPSA) is 32.3 Å². The molecule has 0 saturated heterocycles. The molecule has 2 N–H and O–H groups in total. The van der Waals surface area contributed by atoms with Gasteiger partial charge in [-0.05, 0) is 73.0 Å². The summed E-state index contributed by atoms with van der Waals surface area (Å²) in [6.45, 7) is 3.26. The number of phenols is 1. The first-order chi connectivity index (χ1) is 12.6. The predicted molar refractivity (Wildman–Crippen MR) is 106 cm³/mol. The van der Waals surface area contributed by atoms with Gasteiger partial charge >= 0.3 is 0 Å². The number of phenolic OH excluding ortho intramolecular Hbond substituents is 1. The van der Waals surface area contributed by atoms with Gasteiger partial charge in [0.15, 0.2) is 0 Å². The van der Waals surface area contributed by atoms with E-state index in [0.717, 1.165) is 35.1 Å². The largest absolute Gasteiger partial charge is 0.508 e. The zero-order valence-corrected chi connectivity index (χ0v) is 15.7. The molecule has 0 radical (unpaired) electrons. The van der Waals surface area contributed by atoms with Crippen molar-refractivity contribution in [2.24, 2.45) is 17.3 Å². The lowest BCUT2D eigenvalue weighted by molar-refractivity contribution is 0.150. The second kappa shape index (κ2) is 5.85. The van der Waals surface area contributed by atoms with Crippen LogP contribution in [0.2, 0.25) is 0 Å². The smallest absolute Gasteiger partial charge is 0.120 e. The summed E-state index contributed by atoms with van der Waals surface area (Å²) in [6, 6.07) is 16.4. The van der Waals surface area contributed by atoms with Crippen molar-refractivity contribution in [2.75, 3.05) is 0 Å². The third kappa shape index (κ3) is 2.58. The van der Waals surface area contributed by atoms with Crippen molar-refractivity contribution in [3.8, 4) is 16.9 Å². The molecule has 4 unspecified atom stereocenters. The molecule has 0 heterocycles. The van der Waals surface area contributed by atoms with Gasteiger partial charge in [-0.15, -0.1) is 0 Å². The van der Waals surface area contributed by atoms with Crippen LogP contribution in [0.25, 0.3) is 11.1 Å². The molecule has 4 atom stereocenters. The highest BCUT2D eigenvalue weighted by atomic mass is 16.3. The van der Waals surface area contributed by atoms with Gasteiger partial charge < -0.3 is 10.4 Å². The lowest BCUT2D eigenvalue weighted by atomic mass is 9.71. The first-order valence-corrected chi connectivity index (χ1v) is 10.2. The maximum atomic E-state index is 10.6. The van der Waals surface area contributed by atoms with Crippen molar-refractivity contribution in [3.05, 3.63) is 54.1 Å². The van der Waals surface area contributed by atoms with Gasteiger partial charge in [-0.1, -0.05) is 49.4 Å². The van der Waals surface area contributed by atoms with E-state index in [2.05, 4.69) is 36.5 Å². The molecule has 0 aliphatic heterocycles. The molecule has 3 saturated carbocycles. The Balaban J connectivity index is 1.32. The molecule has 2 aromatic rings. The van der Waals surface area contributed by atoms with Gasteiger partial charge in [0.05, 0.1) is 0 Å². The quantitative estimate of drug-likeness (QED) is 0.764. The highest BCUT2D eigenvalue weighted by Crippen LogP contribution is 2.65. The molecule has 3 fully saturated rings. The molecule has 3 aliphatic carbocycles. The Kier molecular flexibility index (Phi) is 3.69. The molecular formula is C24H29NO. The number of nitrogens with one attached hydrogen (secondary N) is 1. The van der Waals surface area contributed by atoms with E-state index in [4.69, 9.17) is 0 Å². The summed E-state index contributed by atoms with van der Waals surface area (Å²) in [7, 11) is 0. The van der Waals surface area contributed by atoms with Crippen molar-refractivity contribution >= 4 is 0 Å². The van der Waals surface area contributed by atoms with E-state index in [1.807, 2.05) is 24.3 Å². The van der Waals surface area contributed by atoms with Crippen molar-refractivity contribution in [2.45, 2.75) is 57.5 Å². The van der Waals surface area contributed by atoms with Crippen molar-refractivity contribution in [1.29, 1.82) is 0 Å². The molecule has 26 heavy (non-hydrogen) atoms. The van der Waals surface area contributed by atoms with Crippen molar-refractivity contribution < 1.29 is 5.11 Å². The first-order valence-electron chi connectivity index (χ1n) is 10.2. The second-order valence-electron chi connectivity index (χ2n) is 9.29. The molecule has 0 aromatic heterocycles. The summed E-state index contributed by atoms with van der Waals surface area (Å²) in [6.07, 6.45) is 8.30. The molecule has 2 nitrogen and oxygen atoms in total. The maximum Gasteiger partial charge on any atom is 0.120 e. The van der Waals surface area contributed by atoms with E-state index < -0.39 is 0 Å². The second-order valence-corrected chi connectivity index (χ2v) is 9.29. The zero-order chi connectivity index (χ0) is 17.8. The first kappa shape index (κ1) is 16.4. The summed E-state index contributed by atoms with van der Waals surface area (Å²) in [4.78, 5) is 0. The van der Waals surface area contributed by atoms with Gasteiger partial charge in [0.1, 0.15) is 5.75 Å². The van der Waals surface area contributed by atoms with Crippen LogP contribution in [0.4, 0.5) is 0 Å². The molecule has 3 aliphatic rings. The van der Waals surface area contributed by atoms with Crippen LogP contribution in [0, 0.1) is 17.3 Å². The highest BCUT2D eigenvalue weighted by molar-refractivity contribution is 5.65. The molecule has 2 heteroatoms. The minimum Gasteiger partial charge on any atom is -0.508 e. The van der Waals surface area contributed by atoms with Crippen LogP contribution >= 0.6 is 0 Å². The number of hydrogen-bond donors (Lipinski definition) is 2. The molecule has 5 rings (SSSR count). The zero-order valence-electron chi connectivity index (χ0n) is 15.7. The summed E-state index contributed by atoms with van der Waals surface area (Å²) < 4.78 is 0. The Morgan fingerprint density at radius 1 is 1.04 bits per heavy atom. The molecule has 0 amide bonds. The fraction of sp³-hybridized carbons (Fsp3) is 0.500. The molecular weight excluding hydrogens is 318 g/mol. The van der Waals surface area contributed by atoms with Gasteiger partial charge in [-0.2, -0.15) is 0 Å². The van der Waals surface area contributed by atoms with Crippen LogP contribution in [-0.2, 0) is 6.54 Å².